The molecule has 0 saturated heterocycles. The first-order valence-electron chi connectivity index (χ1n) is 3.11. The fourth-order valence-corrected chi connectivity index (χ4v) is 2.76. The SMILES string of the molecule is Clc1cc2cccc(Br)c2s1. The van der Waals surface area contributed by atoms with Gasteiger partial charge >= 0.3 is 0 Å². The summed E-state index contributed by atoms with van der Waals surface area (Å²) in [5.41, 5.74) is 0. The summed E-state index contributed by atoms with van der Waals surface area (Å²) >= 11 is 10.9. The number of fused-ring (bicyclic) bond motifs is 1. The number of benzene rings is 1. The van der Waals surface area contributed by atoms with Crippen molar-refractivity contribution in [3.05, 3.63) is 33.1 Å². The van der Waals surface area contributed by atoms with Crippen LogP contribution >= 0.6 is 38.9 Å². The van der Waals surface area contributed by atoms with Crippen LogP contribution in [-0.4, -0.2) is 0 Å². The molecule has 0 unspecified atom stereocenters. The Hall–Kier alpha value is -0.0500. The predicted molar refractivity (Wildman–Crippen MR) is 54.5 cm³/mol. The fourth-order valence-electron chi connectivity index (χ4n) is 0.996. The van der Waals surface area contributed by atoms with Crippen molar-refractivity contribution in [1.82, 2.24) is 0 Å². The van der Waals surface area contributed by atoms with Gasteiger partial charge in [0.15, 0.2) is 0 Å². The van der Waals surface area contributed by atoms with Gasteiger partial charge in [-0.15, -0.1) is 11.3 Å². The smallest absolute Gasteiger partial charge is 0.0941 e. The molecule has 0 aliphatic carbocycles. The van der Waals surface area contributed by atoms with Crippen molar-refractivity contribution in [1.29, 1.82) is 0 Å². The largest absolute Gasteiger partial charge is 0.122 e. The van der Waals surface area contributed by atoms with E-state index in [9.17, 15) is 0 Å². The molecular weight excluding hydrogens is 244 g/mol. The monoisotopic (exact) mass is 246 g/mol. The fraction of sp³-hybridized carbons (Fsp3) is 0. The standard InChI is InChI=1S/C8H4BrClS/c9-6-3-1-2-5-4-7(10)11-8(5)6/h1-4H. The van der Waals surface area contributed by atoms with Gasteiger partial charge < -0.3 is 0 Å². The third-order valence-electron chi connectivity index (χ3n) is 1.47. The summed E-state index contributed by atoms with van der Waals surface area (Å²) in [5, 5.41) is 1.20. The van der Waals surface area contributed by atoms with Crippen molar-refractivity contribution < 1.29 is 0 Å². The summed E-state index contributed by atoms with van der Waals surface area (Å²) in [5.74, 6) is 0. The van der Waals surface area contributed by atoms with Crippen LogP contribution in [0.25, 0.3) is 10.1 Å². The first-order chi connectivity index (χ1) is 5.27. The lowest BCUT2D eigenvalue weighted by molar-refractivity contribution is 1.80. The van der Waals surface area contributed by atoms with Gasteiger partial charge in [-0.25, -0.2) is 0 Å². The van der Waals surface area contributed by atoms with Crippen molar-refractivity contribution in [2.45, 2.75) is 0 Å². The second-order valence-electron chi connectivity index (χ2n) is 2.21. The Labute approximate surface area is 81.9 Å². The Balaban J connectivity index is 2.90. The summed E-state index contributed by atoms with van der Waals surface area (Å²) < 4.78 is 3.18. The zero-order valence-electron chi connectivity index (χ0n) is 5.47. The number of hydrogen-bond donors (Lipinski definition) is 0. The Bertz CT molecular complexity index is 394. The van der Waals surface area contributed by atoms with E-state index in [0.29, 0.717) is 0 Å². The van der Waals surface area contributed by atoms with Gasteiger partial charge in [-0.2, -0.15) is 0 Å². The molecule has 0 atom stereocenters. The van der Waals surface area contributed by atoms with Crippen molar-refractivity contribution in [2.75, 3.05) is 0 Å². The van der Waals surface area contributed by atoms with E-state index in [0.717, 1.165) is 8.81 Å². The number of thiophene rings is 1. The third-order valence-corrected chi connectivity index (χ3v) is 3.70. The third kappa shape index (κ3) is 1.31. The minimum absolute atomic E-state index is 0.840. The Morgan fingerprint density at radius 3 is 2.91 bits per heavy atom. The molecule has 0 aliphatic rings. The second kappa shape index (κ2) is 2.77. The molecule has 0 radical (unpaired) electrons. The van der Waals surface area contributed by atoms with Gasteiger partial charge in [0.25, 0.3) is 0 Å². The van der Waals surface area contributed by atoms with Gasteiger partial charge in [0.2, 0.25) is 0 Å². The number of halogens is 2. The molecule has 0 amide bonds. The quantitative estimate of drug-likeness (QED) is 0.650. The summed E-state index contributed by atoms with van der Waals surface area (Å²) in [6.07, 6.45) is 0. The number of hydrogen-bond acceptors (Lipinski definition) is 1. The van der Waals surface area contributed by atoms with Crippen LogP contribution in [0.5, 0.6) is 0 Å². The van der Waals surface area contributed by atoms with E-state index in [-0.39, 0.29) is 0 Å². The highest BCUT2D eigenvalue weighted by atomic mass is 79.9. The van der Waals surface area contributed by atoms with Gasteiger partial charge in [0.05, 0.1) is 9.04 Å². The molecule has 0 N–H and O–H groups in total. The van der Waals surface area contributed by atoms with Crippen LogP contribution in [0.1, 0.15) is 0 Å². The maximum atomic E-state index is 5.85. The molecule has 0 saturated carbocycles. The summed E-state index contributed by atoms with van der Waals surface area (Å²) in [7, 11) is 0. The van der Waals surface area contributed by atoms with E-state index in [1.54, 1.807) is 11.3 Å². The zero-order valence-corrected chi connectivity index (χ0v) is 8.63. The lowest BCUT2D eigenvalue weighted by Gasteiger charge is -1.89. The van der Waals surface area contributed by atoms with E-state index in [1.165, 1.54) is 10.1 Å². The van der Waals surface area contributed by atoms with Crippen LogP contribution in [-0.2, 0) is 0 Å². The maximum Gasteiger partial charge on any atom is 0.0941 e. The lowest BCUT2D eigenvalue weighted by atomic mass is 10.3. The molecule has 0 bridgehead atoms. The Morgan fingerprint density at radius 1 is 1.36 bits per heavy atom. The average molecular weight is 248 g/mol. The minimum atomic E-state index is 0.840. The van der Waals surface area contributed by atoms with Crippen LogP contribution in [0.15, 0.2) is 28.7 Å². The highest BCUT2D eigenvalue weighted by Crippen LogP contribution is 2.34. The molecule has 11 heavy (non-hydrogen) atoms. The average Bonchev–Trinajstić information content (AvgIpc) is 2.31. The normalized spacial score (nSPS) is 10.7. The van der Waals surface area contributed by atoms with E-state index >= 15 is 0 Å². The van der Waals surface area contributed by atoms with Crippen LogP contribution in [0, 0.1) is 0 Å². The van der Waals surface area contributed by atoms with E-state index < -0.39 is 0 Å². The lowest BCUT2D eigenvalue weighted by Crippen LogP contribution is -1.62. The van der Waals surface area contributed by atoms with Gasteiger partial charge in [0, 0.05) is 4.47 Å². The van der Waals surface area contributed by atoms with Crippen molar-refractivity contribution in [3.8, 4) is 0 Å². The van der Waals surface area contributed by atoms with Crippen molar-refractivity contribution in [2.24, 2.45) is 0 Å². The van der Waals surface area contributed by atoms with Gasteiger partial charge in [-0.05, 0) is 33.4 Å². The first-order valence-corrected chi connectivity index (χ1v) is 5.10. The van der Waals surface area contributed by atoms with Crippen LogP contribution in [0.4, 0.5) is 0 Å². The van der Waals surface area contributed by atoms with Gasteiger partial charge in [0.1, 0.15) is 0 Å². The van der Waals surface area contributed by atoms with Crippen LogP contribution in [0.3, 0.4) is 0 Å². The van der Waals surface area contributed by atoms with Crippen molar-refractivity contribution >= 4 is 49.0 Å². The van der Waals surface area contributed by atoms with E-state index in [1.807, 2.05) is 18.2 Å². The van der Waals surface area contributed by atoms with Crippen LogP contribution in [0.2, 0.25) is 4.34 Å². The molecule has 1 aromatic heterocycles. The van der Waals surface area contributed by atoms with E-state index in [4.69, 9.17) is 11.6 Å². The molecule has 3 heteroatoms. The summed E-state index contributed by atoms with van der Waals surface area (Å²) in [4.78, 5) is 0. The van der Waals surface area contributed by atoms with Crippen LogP contribution < -0.4 is 0 Å². The van der Waals surface area contributed by atoms with E-state index in [2.05, 4.69) is 22.0 Å². The highest BCUT2D eigenvalue weighted by molar-refractivity contribution is 9.10. The molecule has 0 aliphatic heterocycles. The maximum absolute atomic E-state index is 5.85. The first kappa shape index (κ1) is 7.59. The minimum Gasteiger partial charge on any atom is -0.122 e. The molecule has 2 rings (SSSR count). The predicted octanol–water partition coefficient (Wildman–Crippen LogP) is 4.32. The second-order valence-corrected chi connectivity index (χ2v) is 4.75. The Kier molecular flexibility index (Phi) is 1.91. The topological polar surface area (TPSA) is 0 Å². The summed E-state index contributed by atoms with van der Waals surface area (Å²) in [6.45, 7) is 0. The molecule has 0 spiro atoms. The molecular formula is C8H4BrClS. The van der Waals surface area contributed by atoms with Crippen molar-refractivity contribution in [3.63, 3.8) is 0 Å². The Morgan fingerprint density at radius 2 is 2.18 bits per heavy atom. The molecule has 2 aromatic rings. The highest BCUT2D eigenvalue weighted by Gasteiger charge is 2.01. The zero-order chi connectivity index (χ0) is 7.84. The molecule has 1 aromatic carbocycles. The summed E-state index contributed by atoms with van der Waals surface area (Å²) in [6, 6.07) is 8.07. The van der Waals surface area contributed by atoms with Gasteiger partial charge in [-0.1, -0.05) is 23.7 Å². The number of rotatable bonds is 0. The van der Waals surface area contributed by atoms with Gasteiger partial charge in [-0.3, -0.25) is 0 Å². The molecule has 56 valence electrons. The molecule has 1 heterocycles. The molecule has 0 nitrogen and oxygen atoms in total. The molecule has 0 fully saturated rings.